The summed E-state index contributed by atoms with van der Waals surface area (Å²) in [5, 5.41) is 10.7. The molecule has 0 amide bonds. The molecule has 2 aromatic rings. The van der Waals surface area contributed by atoms with Crippen LogP contribution < -0.4 is 9.47 Å². The van der Waals surface area contributed by atoms with Crippen molar-refractivity contribution in [1.82, 2.24) is 14.9 Å². The summed E-state index contributed by atoms with van der Waals surface area (Å²) < 4.78 is 13.0. The zero-order valence-electron chi connectivity index (χ0n) is 12.8. The summed E-state index contributed by atoms with van der Waals surface area (Å²) in [7, 11) is 1.63. The Morgan fingerprint density at radius 1 is 1.36 bits per heavy atom. The molecule has 2 rings (SSSR count). The van der Waals surface area contributed by atoms with Crippen molar-refractivity contribution in [2.45, 2.75) is 26.2 Å². The molecule has 0 saturated heterocycles. The first-order valence-corrected chi connectivity index (χ1v) is 7.62. The molecule has 6 nitrogen and oxygen atoms in total. The zero-order valence-corrected chi connectivity index (χ0v) is 13.6. The Kier molecular flexibility index (Phi) is 6.14. The maximum absolute atomic E-state index is 5.75. The molecule has 0 radical (unpaired) electrons. The van der Waals surface area contributed by atoms with Crippen LogP contribution in [0.25, 0.3) is 0 Å². The van der Waals surface area contributed by atoms with Gasteiger partial charge < -0.3 is 9.47 Å². The highest BCUT2D eigenvalue weighted by atomic mass is 32.1. The van der Waals surface area contributed by atoms with Gasteiger partial charge in [-0.1, -0.05) is 19.8 Å². The van der Waals surface area contributed by atoms with E-state index in [1.54, 1.807) is 13.3 Å². The first kappa shape index (κ1) is 16.2. The van der Waals surface area contributed by atoms with Gasteiger partial charge in [-0.15, -0.1) is 0 Å². The maximum Gasteiger partial charge on any atom is 0.216 e. The van der Waals surface area contributed by atoms with Crippen LogP contribution in [0.5, 0.6) is 11.5 Å². The molecule has 0 aliphatic rings. The molecule has 0 aliphatic carbocycles. The number of H-pyrrole nitrogens is 1. The number of aromatic nitrogens is 3. The largest absolute Gasteiger partial charge is 0.493 e. The van der Waals surface area contributed by atoms with Crippen molar-refractivity contribution in [3.8, 4) is 11.5 Å². The molecule has 1 N–H and O–H groups in total. The van der Waals surface area contributed by atoms with Crippen LogP contribution in [0.4, 0.5) is 0 Å². The summed E-state index contributed by atoms with van der Waals surface area (Å²) >= 11 is 5.03. The summed E-state index contributed by atoms with van der Waals surface area (Å²) in [5.74, 6) is 1.44. The van der Waals surface area contributed by atoms with E-state index in [9.17, 15) is 0 Å². The molecule has 0 aliphatic heterocycles. The number of hydrogen-bond acceptors (Lipinski definition) is 5. The van der Waals surface area contributed by atoms with Crippen LogP contribution >= 0.6 is 12.2 Å². The molecule has 1 aromatic heterocycles. The summed E-state index contributed by atoms with van der Waals surface area (Å²) in [5.41, 5.74) is 0.890. The van der Waals surface area contributed by atoms with Gasteiger partial charge in [-0.05, 0) is 42.4 Å². The SMILES string of the molecule is CCCCCOc1ccc(/C=N/n2cn[nH]c2=S)cc1OC. The Labute approximate surface area is 134 Å². The van der Waals surface area contributed by atoms with Crippen LogP contribution in [-0.4, -0.2) is 34.8 Å². The summed E-state index contributed by atoms with van der Waals surface area (Å²) in [4.78, 5) is 0. The number of ether oxygens (including phenoxy) is 2. The van der Waals surface area contributed by atoms with Crippen molar-refractivity contribution in [2.75, 3.05) is 13.7 Å². The summed E-state index contributed by atoms with van der Waals surface area (Å²) in [6.45, 7) is 2.86. The molecule has 22 heavy (non-hydrogen) atoms. The fourth-order valence-corrected chi connectivity index (χ4v) is 2.02. The normalized spacial score (nSPS) is 11.0. The number of hydrogen-bond donors (Lipinski definition) is 1. The van der Waals surface area contributed by atoms with Crippen molar-refractivity contribution < 1.29 is 9.47 Å². The molecule has 0 saturated carbocycles. The number of aromatic amines is 1. The molecule has 0 spiro atoms. The fourth-order valence-electron chi connectivity index (χ4n) is 1.87. The van der Waals surface area contributed by atoms with E-state index >= 15 is 0 Å². The van der Waals surface area contributed by atoms with Crippen LogP contribution in [0.1, 0.15) is 31.7 Å². The van der Waals surface area contributed by atoms with Gasteiger partial charge in [0.15, 0.2) is 11.5 Å². The molecular formula is C15H20N4O2S. The highest BCUT2D eigenvalue weighted by molar-refractivity contribution is 7.71. The van der Waals surface area contributed by atoms with E-state index in [1.165, 1.54) is 23.8 Å². The van der Waals surface area contributed by atoms with E-state index in [4.69, 9.17) is 21.7 Å². The molecule has 1 heterocycles. The predicted octanol–water partition coefficient (Wildman–Crippen LogP) is 3.40. The quantitative estimate of drug-likeness (QED) is 0.460. The fraction of sp³-hybridized carbons (Fsp3) is 0.400. The third kappa shape index (κ3) is 4.42. The molecular weight excluding hydrogens is 300 g/mol. The van der Waals surface area contributed by atoms with Gasteiger partial charge >= 0.3 is 0 Å². The Balaban J connectivity index is 2.06. The van der Waals surface area contributed by atoms with Gasteiger partial charge in [0.2, 0.25) is 4.77 Å². The van der Waals surface area contributed by atoms with Gasteiger partial charge in [0.05, 0.1) is 19.9 Å². The smallest absolute Gasteiger partial charge is 0.216 e. The zero-order chi connectivity index (χ0) is 15.8. The number of rotatable bonds is 8. The Morgan fingerprint density at radius 3 is 2.91 bits per heavy atom. The van der Waals surface area contributed by atoms with Crippen LogP contribution in [0.2, 0.25) is 0 Å². The minimum Gasteiger partial charge on any atom is -0.493 e. The number of methoxy groups -OCH3 is 1. The number of nitrogens with one attached hydrogen (secondary N) is 1. The van der Waals surface area contributed by atoms with Crippen LogP contribution in [0.15, 0.2) is 29.6 Å². The molecule has 118 valence electrons. The lowest BCUT2D eigenvalue weighted by molar-refractivity contribution is 0.286. The second kappa shape index (κ2) is 8.33. The lowest BCUT2D eigenvalue weighted by Gasteiger charge is -2.11. The summed E-state index contributed by atoms with van der Waals surface area (Å²) in [6, 6.07) is 5.69. The van der Waals surface area contributed by atoms with Crippen LogP contribution in [-0.2, 0) is 0 Å². The Morgan fingerprint density at radius 2 is 2.23 bits per heavy atom. The maximum atomic E-state index is 5.75. The van der Waals surface area contributed by atoms with Crippen molar-refractivity contribution in [2.24, 2.45) is 5.10 Å². The average Bonchev–Trinajstić information content (AvgIpc) is 2.95. The Hall–Kier alpha value is -2.15. The number of nitrogens with zero attached hydrogens (tertiary/aromatic N) is 3. The third-order valence-corrected chi connectivity index (χ3v) is 3.34. The van der Waals surface area contributed by atoms with E-state index in [2.05, 4.69) is 22.2 Å². The first-order valence-electron chi connectivity index (χ1n) is 7.21. The first-order chi connectivity index (χ1) is 10.7. The van der Waals surface area contributed by atoms with Gasteiger partial charge in [0, 0.05) is 0 Å². The third-order valence-electron chi connectivity index (χ3n) is 3.06. The number of benzene rings is 1. The molecule has 0 fully saturated rings. The van der Waals surface area contributed by atoms with Crippen LogP contribution in [0.3, 0.4) is 0 Å². The monoisotopic (exact) mass is 320 g/mol. The number of unbranched alkanes of at least 4 members (excludes halogenated alkanes) is 2. The molecule has 1 aromatic carbocycles. The predicted molar refractivity (Wildman–Crippen MR) is 88.4 cm³/mol. The second-order valence-corrected chi connectivity index (χ2v) is 5.10. The minimum atomic E-state index is 0.444. The second-order valence-electron chi connectivity index (χ2n) is 4.72. The Bertz CT molecular complexity index is 678. The van der Waals surface area contributed by atoms with E-state index in [0.717, 1.165) is 17.7 Å². The standard InChI is InChI=1S/C15H20N4O2S/c1-3-4-5-8-21-13-7-6-12(9-14(13)20-2)10-17-19-11-16-18-15(19)22/h6-7,9-11H,3-5,8H2,1-2H3,(H,18,22)/b17-10+. The minimum absolute atomic E-state index is 0.444. The van der Waals surface area contributed by atoms with Crippen LogP contribution in [0, 0.1) is 4.77 Å². The topological polar surface area (TPSA) is 64.4 Å². The van der Waals surface area contributed by atoms with Gasteiger partial charge in [-0.25, -0.2) is 0 Å². The lowest BCUT2D eigenvalue weighted by atomic mass is 10.2. The van der Waals surface area contributed by atoms with Crippen molar-refractivity contribution in [3.05, 3.63) is 34.9 Å². The van der Waals surface area contributed by atoms with E-state index in [-0.39, 0.29) is 0 Å². The van der Waals surface area contributed by atoms with Gasteiger partial charge in [0.25, 0.3) is 0 Å². The highest BCUT2D eigenvalue weighted by Gasteiger charge is 2.05. The van der Waals surface area contributed by atoms with Gasteiger partial charge in [0.1, 0.15) is 6.33 Å². The van der Waals surface area contributed by atoms with Crippen molar-refractivity contribution in [3.63, 3.8) is 0 Å². The summed E-state index contributed by atoms with van der Waals surface area (Å²) in [6.07, 6.45) is 6.59. The average molecular weight is 320 g/mol. The van der Waals surface area contributed by atoms with Crippen molar-refractivity contribution in [1.29, 1.82) is 0 Å². The highest BCUT2D eigenvalue weighted by Crippen LogP contribution is 2.27. The molecule has 7 heteroatoms. The van der Waals surface area contributed by atoms with Gasteiger partial charge in [-0.2, -0.15) is 14.9 Å². The van der Waals surface area contributed by atoms with E-state index in [1.807, 2.05) is 18.2 Å². The molecule has 0 unspecified atom stereocenters. The van der Waals surface area contributed by atoms with Gasteiger partial charge in [-0.3, -0.25) is 5.10 Å². The molecule has 0 bridgehead atoms. The molecule has 0 atom stereocenters. The van der Waals surface area contributed by atoms with Crippen molar-refractivity contribution >= 4 is 18.4 Å². The van der Waals surface area contributed by atoms with E-state index < -0.39 is 0 Å². The van der Waals surface area contributed by atoms with E-state index in [0.29, 0.717) is 17.1 Å². The lowest BCUT2D eigenvalue weighted by Crippen LogP contribution is -2.00.